The second-order valence-electron chi connectivity index (χ2n) is 4.96. The quantitative estimate of drug-likeness (QED) is 0.817. The Morgan fingerprint density at radius 3 is 2.43 bits per heavy atom. The van der Waals surface area contributed by atoms with E-state index in [0.29, 0.717) is 13.2 Å². The van der Waals surface area contributed by atoms with E-state index in [2.05, 4.69) is 36.5 Å². The molecule has 0 aliphatic carbocycles. The van der Waals surface area contributed by atoms with Crippen molar-refractivity contribution < 1.29 is 9.47 Å². The van der Waals surface area contributed by atoms with Crippen molar-refractivity contribution in [1.29, 1.82) is 0 Å². The third kappa shape index (κ3) is 4.23. The minimum atomic E-state index is 0.221. The lowest BCUT2D eigenvalue weighted by Gasteiger charge is -2.18. The number of methoxy groups -OCH3 is 1. The molecule has 0 amide bonds. The molecule has 0 aromatic heterocycles. The Kier molecular flexibility index (Phi) is 5.64. The van der Waals surface area contributed by atoms with Crippen LogP contribution >= 0.6 is 0 Å². The van der Waals surface area contributed by atoms with E-state index in [1.807, 2.05) is 31.2 Å². The molecular weight excluding hydrogens is 262 g/mol. The normalized spacial score (nSPS) is 12.0. The fraction of sp³-hybridized carbons (Fsp3) is 0.333. The molecule has 1 atom stereocenters. The third-order valence-corrected chi connectivity index (χ3v) is 3.38. The number of para-hydroxylation sites is 1. The first-order valence-corrected chi connectivity index (χ1v) is 7.30. The maximum Gasteiger partial charge on any atom is 0.119 e. The zero-order valence-corrected chi connectivity index (χ0v) is 12.9. The zero-order chi connectivity index (χ0) is 15.1. The molecule has 21 heavy (non-hydrogen) atoms. The van der Waals surface area contributed by atoms with Gasteiger partial charge in [0.1, 0.15) is 5.75 Å². The van der Waals surface area contributed by atoms with Crippen LogP contribution in [-0.2, 0) is 11.3 Å². The van der Waals surface area contributed by atoms with Crippen LogP contribution in [0.3, 0.4) is 0 Å². The molecule has 3 nitrogen and oxygen atoms in total. The largest absolute Gasteiger partial charge is 0.494 e. The van der Waals surface area contributed by atoms with E-state index in [1.54, 1.807) is 7.11 Å². The Bertz CT molecular complexity index is 551. The lowest BCUT2D eigenvalue weighted by molar-refractivity contribution is 0.185. The SMILES string of the molecule is CCOc1ccc(C(C)Nc2ccccc2COC)cc1. The topological polar surface area (TPSA) is 30.5 Å². The summed E-state index contributed by atoms with van der Waals surface area (Å²) in [5.74, 6) is 0.910. The first-order chi connectivity index (χ1) is 10.2. The van der Waals surface area contributed by atoms with Gasteiger partial charge in [0.25, 0.3) is 0 Å². The molecule has 0 aliphatic heterocycles. The number of rotatable bonds is 7. The summed E-state index contributed by atoms with van der Waals surface area (Å²) in [4.78, 5) is 0. The maximum atomic E-state index is 5.47. The Morgan fingerprint density at radius 2 is 1.76 bits per heavy atom. The van der Waals surface area contributed by atoms with Crippen molar-refractivity contribution >= 4 is 5.69 Å². The molecule has 2 aromatic rings. The summed E-state index contributed by atoms with van der Waals surface area (Å²) in [6, 6.07) is 16.7. The Hall–Kier alpha value is -2.00. The smallest absolute Gasteiger partial charge is 0.119 e. The van der Waals surface area contributed by atoms with Crippen LogP contribution in [0.4, 0.5) is 5.69 Å². The third-order valence-electron chi connectivity index (χ3n) is 3.38. The average molecular weight is 285 g/mol. The van der Waals surface area contributed by atoms with Gasteiger partial charge in [0.15, 0.2) is 0 Å². The maximum absolute atomic E-state index is 5.47. The number of benzene rings is 2. The number of hydrogen-bond donors (Lipinski definition) is 1. The van der Waals surface area contributed by atoms with Gasteiger partial charge >= 0.3 is 0 Å². The van der Waals surface area contributed by atoms with Crippen molar-refractivity contribution in [2.24, 2.45) is 0 Å². The predicted octanol–water partition coefficient (Wildman–Crippen LogP) is 4.40. The van der Waals surface area contributed by atoms with Gasteiger partial charge < -0.3 is 14.8 Å². The Labute approximate surface area is 126 Å². The average Bonchev–Trinajstić information content (AvgIpc) is 2.50. The van der Waals surface area contributed by atoms with E-state index >= 15 is 0 Å². The zero-order valence-electron chi connectivity index (χ0n) is 12.9. The monoisotopic (exact) mass is 285 g/mol. The van der Waals surface area contributed by atoms with Gasteiger partial charge in [0.2, 0.25) is 0 Å². The van der Waals surface area contributed by atoms with Crippen molar-refractivity contribution in [2.45, 2.75) is 26.5 Å². The molecule has 1 unspecified atom stereocenters. The second-order valence-corrected chi connectivity index (χ2v) is 4.96. The summed E-state index contributed by atoms with van der Waals surface area (Å²) >= 11 is 0. The Balaban J connectivity index is 2.08. The van der Waals surface area contributed by atoms with Crippen LogP contribution in [0.5, 0.6) is 5.75 Å². The summed E-state index contributed by atoms with van der Waals surface area (Å²) in [7, 11) is 1.71. The minimum Gasteiger partial charge on any atom is -0.494 e. The molecule has 0 saturated carbocycles. The van der Waals surface area contributed by atoms with Crippen LogP contribution in [0, 0.1) is 0 Å². The Morgan fingerprint density at radius 1 is 1.05 bits per heavy atom. The van der Waals surface area contributed by atoms with Crippen LogP contribution in [0.15, 0.2) is 48.5 Å². The molecule has 0 fully saturated rings. The first-order valence-electron chi connectivity index (χ1n) is 7.30. The fourth-order valence-electron chi connectivity index (χ4n) is 2.28. The van der Waals surface area contributed by atoms with Gasteiger partial charge in [0.05, 0.1) is 13.2 Å². The highest BCUT2D eigenvalue weighted by molar-refractivity contribution is 5.52. The van der Waals surface area contributed by atoms with E-state index in [1.165, 1.54) is 5.56 Å². The molecule has 3 heteroatoms. The molecule has 0 saturated heterocycles. The van der Waals surface area contributed by atoms with Gasteiger partial charge in [-0.25, -0.2) is 0 Å². The molecule has 2 aromatic carbocycles. The number of anilines is 1. The molecule has 1 N–H and O–H groups in total. The van der Waals surface area contributed by atoms with Crippen molar-refractivity contribution in [3.05, 3.63) is 59.7 Å². The molecule has 0 bridgehead atoms. The van der Waals surface area contributed by atoms with Crippen LogP contribution in [0.2, 0.25) is 0 Å². The van der Waals surface area contributed by atoms with E-state index in [9.17, 15) is 0 Å². The van der Waals surface area contributed by atoms with Crippen LogP contribution in [-0.4, -0.2) is 13.7 Å². The van der Waals surface area contributed by atoms with Crippen molar-refractivity contribution in [2.75, 3.05) is 19.0 Å². The van der Waals surface area contributed by atoms with Crippen LogP contribution in [0.25, 0.3) is 0 Å². The molecule has 0 heterocycles. The molecular formula is C18H23NO2. The summed E-state index contributed by atoms with van der Waals surface area (Å²) in [5, 5.41) is 3.54. The highest BCUT2D eigenvalue weighted by Gasteiger charge is 2.08. The van der Waals surface area contributed by atoms with Gasteiger partial charge in [-0.1, -0.05) is 30.3 Å². The second kappa shape index (κ2) is 7.70. The molecule has 0 radical (unpaired) electrons. The number of hydrogen-bond acceptors (Lipinski definition) is 3. The summed E-state index contributed by atoms with van der Waals surface area (Å²) < 4.78 is 10.7. The van der Waals surface area contributed by atoms with E-state index < -0.39 is 0 Å². The first kappa shape index (κ1) is 15.4. The van der Waals surface area contributed by atoms with E-state index in [-0.39, 0.29) is 6.04 Å². The lowest BCUT2D eigenvalue weighted by atomic mass is 10.1. The van der Waals surface area contributed by atoms with Crippen molar-refractivity contribution in [3.8, 4) is 5.75 Å². The van der Waals surface area contributed by atoms with Crippen LogP contribution in [0.1, 0.15) is 31.0 Å². The van der Waals surface area contributed by atoms with Gasteiger partial charge in [-0.2, -0.15) is 0 Å². The van der Waals surface area contributed by atoms with Gasteiger partial charge in [-0.05, 0) is 37.6 Å². The number of nitrogens with one attached hydrogen (secondary N) is 1. The van der Waals surface area contributed by atoms with Gasteiger partial charge in [0, 0.05) is 24.4 Å². The predicted molar refractivity (Wildman–Crippen MR) is 86.8 cm³/mol. The molecule has 0 spiro atoms. The summed E-state index contributed by atoms with van der Waals surface area (Å²) in [6.45, 7) is 5.45. The lowest BCUT2D eigenvalue weighted by Crippen LogP contribution is -2.08. The summed E-state index contributed by atoms with van der Waals surface area (Å²) in [5.41, 5.74) is 3.50. The van der Waals surface area contributed by atoms with E-state index in [4.69, 9.17) is 9.47 Å². The van der Waals surface area contributed by atoms with Crippen molar-refractivity contribution in [1.82, 2.24) is 0 Å². The fourth-order valence-corrected chi connectivity index (χ4v) is 2.28. The van der Waals surface area contributed by atoms with Gasteiger partial charge in [-0.3, -0.25) is 0 Å². The van der Waals surface area contributed by atoms with Crippen LogP contribution < -0.4 is 10.1 Å². The number of ether oxygens (including phenoxy) is 2. The highest BCUT2D eigenvalue weighted by Crippen LogP contribution is 2.24. The van der Waals surface area contributed by atoms with E-state index in [0.717, 1.165) is 17.0 Å². The summed E-state index contributed by atoms with van der Waals surface area (Å²) in [6.07, 6.45) is 0. The van der Waals surface area contributed by atoms with Gasteiger partial charge in [-0.15, -0.1) is 0 Å². The molecule has 0 aliphatic rings. The molecule has 2 rings (SSSR count). The highest BCUT2D eigenvalue weighted by atomic mass is 16.5. The standard InChI is InChI=1S/C18H23NO2/c1-4-21-17-11-9-15(10-12-17)14(2)19-18-8-6-5-7-16(18)13-20-3/h5-12,14,19H,4,13H2,1-3H3. The van der Waals surface area contributed by atoms with Crippen molar-refractivity contribution in [3.63, 3.8) is 0 Å². The minimum absolute atomic E-state index is 0.221. The molecule has 112 valence electrons.